The van der Waals surface area contributed by atoms with Gasteiger partial charge in [-0.25, -0.2) is 0 Å². The van der Waals surface area contributed by atoms with Gasteiger partial charge in [0.1, 0.15) is 11.4 Å². The standard InChI is InChI=1S/C6H3Cl3N2/c7-4-1-2-5(10-8)6(3-4)11-9/h1-3H/b10-5?,11-6+. The molecule has 0 amide bonds. The fraction of sp³-hybridized carbons (Fsp3) is 0. The zero-order valence-corrected chi connectivity index (χ0v) is 7.53. The molecule has 1 aliphatic carbocycles. The molecule has 5 heteroatoms. The highest BCUT2D eigenvalue weighted by Gasteiger charge is 2.08. The fourth-order valence-electron chi connectivity index (χ4n) is 0.636. The van der Waals surface area contributed by atoms with E-state index in [1.54, 1.807) is 18.2 Å². The van der Waals surface area contributed by atoms with Crippen molar-refractivity contribution in [3.05, 3.63) is 23.3 Å². The molecule has 0 spiro atoms. The molecule has 1 rings (SSSR count). The van der Waals surface area contributed by atoms with Crippen LogP contribution in [0.15, 0.2) is 32.3 Å². The van der Waals surface area contributed by atoms with Gasteiger partial charge in [-0.2, -0.15) is 9.02 Å². The summed E-state index contributed by atoms with van der Waals surface area (Å²) in [6, 6.07) is 0. The van der Waals surface area contributed by atoms with Crippen molar-refractivity contribution in [3.8, 4) is 0 Å². The molecule has 11 heavy (non-hydrogen) atoms. The monoisotopic (exact) mass is 208 g/mol. The predicted octanol–water partition coefficient (Wildman–Crippen LogP) is 2.87. The minimum atomic E-state index is 0.467. The highest BCUT2D eigenvalue weighted by molar-refractivity contribution is 6.57. The zero-order chi connectivity index (χ0) is 8.27. The maximum atomic E-state index is 5.65. The molecular weight excluding hydrogens is 206 g/mol. The number of hydrogen-bond donors (Lipinski definition) is 0. The third-order valence-corrected chi connectivity index (χ3v) is 1.72. The van der Waals surface area contributed by atoms with Crippen LogP contribution in [0, 0.1) is 0 Å². The highest BCUT2D eigenvalue weighted by Crippen LogP contribution is 2.11. The lowest BCUT2D eigenvalue weighted by atomic mass is 10.1. The van der Waals surface area contributed by atoms with Gasteiger partial charge in [0, 0.05) is 28.6 Å². The van der Waals surface area contributed by atoms with Gasteiger partial charge in [-0.3, -0.25) is 0 Å². The largest absolute Gasteiger partial charge is 0.176 e. The molecule has 2 nitrogen and oxygen atoms in total. The van der Waals surface area contributed by atoms with E-state index in [-0.39, 0.29) is 0 Å². The summed E-state index contributed by atoms with van der Waals surface area (Å²) in [5.74, 6) is 0. The third kappa shape index (κ3) is 2.06. The first-order valence-electron chi connectivity index (χ1n) is 2.71. The zero-order valence-electron chi connectivity index (χ0n) is 5.26. The van der Waals surface area contributed by atoms with Gasteiger partial charge in [0.05, 0.1) is 0 Å². The van der Waals surface area contributed by atoms with Gasteiger partial charge in [0.15, 0.2) is 0 Å². The van der Waals surface area contributed by atoms with Crippen LogP contribution in [0.1, 0.15) is 0 Å². The van der Waals surface area contributed by atoms with Crippen molar-refractivity contribution >= 4 is 46.6 Å². The smallest absolute Gasteiger partial charge is 0.106 e. The van der Waals surface area contributed by atoms with Crippen molar-refractivity contribution in [1.82, 2.24) is 0 Å². The van der Waals surface area contributed by atoms with Crippen LogP contribution < -0.4 is 0 Å². The van der Waals surface area contributed by atoms with Crippen LogP contribution in [0.3, 0.4) is 0 Å². The molecular formula is C6H3Cl3N2. The summed E-state index contributed by atoms with van der Waals surface area (Å²) in [6.07, 6.45) is 4.88. The normalized spacial score (nSPS) is 24.5. The fourth-order valence-corrected chi connectivity index (χ4v) is 1.08. The van der Waals surface area contributed by atoms with Gasteiger partial charge in [-0.15, -0.1) is 0 Å². The molecule has 0 unspecified atom stereocenters. The molecule has 0 heterocycles. The van der Waals surface area contributed by atoms with Crippen LogP contribution in [0.4, 0.5) is 0 Å². The SMILES string of the molecule is ClN=C1C=CC(Cl)=C/C1=N\Cl. The third-order valence-electron chi connectivity index (χ3n) is 1.12. The summed E-state index contributed by atoms with van der Waals surface area (Å²) < 4.78 is 6.83. The Bertz CT molecular complexity index is 276. The van der Waals surface area contributed by atoms with Crippen molar-refractivity contribution in [2.75, 3.05) is 0 Å². The van der Waals surface area contributed by atoms with Gasteiger partial charge in [0.25, 0.3) is 0 Å². The van der Waals surface area contributed by atoms with Crippen LogP contribution >= 0.6 is 35.2 Å². The quantitative estimate of drug-likeness (QED) is 0.548. The molecule has 0 bridgehead atoms. The molecule has 1 aliphatic rings. The van der Waals surface area contributed by atoms with E-state index in [1.807, 2.05) is 0 Å². The maximum Gasteiger partial charge on any atom is 0.106 e. The lowest BCUT2D eigenvalue weighted by molar-refractivity contribution is 1.76. The Labute approximate surface area is 79.1 Å². The minimum absolute atomic E-state index is 0.467. The first-order chi connectivity index (χ1) is 5.27. The molecule has 0 atom stereocenters. The van der Waals surface area contributed by atoms with Crippen LogP contribution in [0.25, 0.3) is 0 Å². The number of rotatable bonds is 0. The first-order valence-corrected chi connectivity index (χ1v) is 3.77. The number of allylic oxidation sites excluding steroid dienone is 4. The van der Waals surface area contributed by atoms with Crippen LogP contribution in [-0.2, 0) is 0 Å². The lowest BCUT2D eigenvalue weighted by Gasteiger charge is -2.02. The van der Waals surface area contributed by atoms with Crippen molar-refractivity contribution in [3.63, 3.8) is 0 Å². The Morgan fingerprint density at radius 1 is 1.00 bits per heavy atom. The van der Waals surface area contributed by atoms with Crippen LogP contribution in [-0.4, -0.2) is 11.4 Å². The second-order valence-corrected chi connectivity index (χ2v) is 2.58. The van der Waals surface area contributed by atoms with Gasteiger partial charge >= 0.3 is 0 Å². The molecule has 0 aromatic rings. The Kier molecular flexibility index (Phi) is 3.12. The van der Waals surface area contributed by atoms with Gasteiger partial charge in [-0.05, 0) is 18.2 Å². The summed E-state index contributed by atoms with van der Waals surface area (Å²) in [4.78, 5) is 0. The molecule has 58 valence electrons. The van der Waals surface area contributed by atoms with Crippen molar-refractivity contribution in [2.24, 2.45) is 9.02 Å². The summed E-state index contributed by atoms with van der Waals surface area (Å²) >= 11 is 16.1. The predicted molar refractivity (Wildman–Crippen MR) is 49.7 cm³/mol. The molecule has 0 saturated carbocycles. The Hall–Kier alpha value is -0.310. The highest BCUT2D eigenvalue weighted by atomic mass is 35.5. The molecule has 0 aromatic carbocycles. The Morgan fingerprint density at radius 2 is 1.64 bits per heavy atom. The average molecular weight is 209 g/mol. The summed E-state index contributed by atoms with van der Waals surface area (Å²) in [6.45, 7) is 0. The van der Waals surface area contributed by atoms with Crippen molar-refractivity contribution < 1.29 is 0 Å². The Balaban J connectivity index is 3.03. The lowest BCUT2D eigenvalue weighted by Crippen LogP contribution is -2.10. The summed E-state index contributed by atoms with van der Waals surface area (Å²) in [5, 5.41) is 0.550. The second-order valence-electron chi connectivity index (χ2n) is 1.80. The number of nitrogens with zero attached hydrogens (tertiary/aromatic N) is 2. The van der Waals surface area contributed by atoms with Crippen molar-refractivity contribution in [1.29, 1.82) is 0 Å². The number of halogens is 3. The van der Waals surface area contributed by atoms with Gasteiger partial charge in [-0.1, -0.05) is 11.6 Å². The van der Waals surface area contributed by atoms with E-state index in [9.17, 15) is 0 Å². The molecule has 0 N–H and O–H groups in total. The second kappa shape index (κ2) is 3.90. The van der Waals surface area contributed by atoms with E-state index in [0.717, 1.165) is 0 Å². The molecule has 0 aliphatic heterocycles. The summed E-state index contributed by atoms with van der Waals surface area (Å²) in [7, 11) is 0. The minimum Gasteiger partial charge on any atom is -0.176 e. The van der Waals surface area contributed by atoms with Crippen LogP contribution in [0.2, 0.25) is 0 Å². The van der Waals surface area contributed by atoms with E-state index in [1.165, 1.54) is 0 Å². The van der Waals surface area contributed by atoms with E-state index < -0.39 is 0 Å². The van der Waals surface area contributed by atoms with Crippen LogP contribution in [0.5, 0.6) is 0 Å². The van der Waals surface area contributed by atoms with E-state index in [0.29, 0.717) is 16.5 Å². The van der Waals surface area contributed by atoms with E-state index >= 15 is 0 Å². The first kappa shape index (κ1) is 8.78. The molecule has 0 radical (unpaired) electrons. The van der Waals surface area contributed by atoms with E-state index in [4.69, 9.17) is 35.2 Å². The molecule has 0 saturated heterocycles. The Morgan fingerprint density at radius 3 is 2.18 bits per heavy atom. The molecule has 0 fully saturated rings. The van der Waals surface area contributed by atoms with Gasteiger partial charge in [0.2, 0.25) is 0 Å². The maximum absolute atomic E-state index is 5.65. The molecule has 0 aromatic heterocycles. The average Bonchev–Trinajstić information content (AvgIpc) is 2.04. The van der Waals surface area contributed by atoms with Crippen molar-refractivity contribution in [2.45, 2.75) is 0 Å². The summed E-state index contributed by atoms with van der Waals surface area (Å²) in [5.41, 5.74) is 0.972. The van der Waals surface area contributed by atoms with E-state index in [2.05, 4.69) is 9.02 Å². The topological polar surface area (TPSA) is 24.7 Å². The van der Waals surface area contributed by atoms with Gasteiger partial charge < -0.3 is 0 Å². The number of hydrogen-bond acceptors (Lipinski definition) is 2.